The van der Waals surface area contributed by atoms with Crippen LogP contribution in [-0.2, 0) is 0 Å². The molecule has 2 N–H and O–H groups in total. The molecule has 1 saturated heterocycles. The Bertz CT molecular complexity index is 811. The Morgan fingerprint density at radius 3 is 2.64 bits per heavy atom. The quantitative estimate of drug-likeness (QED) is 0.765. The number of nitrogens with one attached hydrogen (secondary N) is 2. The number of carbonyl (C=O) groups is 2. The lowest BCUT2D eigenvalue weighted by atomic mass is 9.97. The van der Waals surface area contributed by atoms with Crippen LogP contribution in [0.15, 0.2) is 35.7 Å². The van der Waals surface area contributed by atoms with Crippen molar-refractivity contribution in [2.24, 2.45) is 5.92 Å². The fourth-order valence-electron chi connectivity index (χ4n) is 3.64. The lowest BCUT2D eigenvalue weighted by molar-refractivity contribution is 0.0676. The Labute approximate surface area is 171 Å². The van der Waals surface area contributed by atoms with E-state index in [9.17, 15) is 9.59 Å². The molecule has 0 spiro atoms. The number of carbonyl (C=O) groups excluding carboxylic acids is 2. The minimum absolute atomic E-state index is 0.00695. The number of piperidine rings is 1. The van der Waals surface area contributed by atoms with E-state index in [2.05, 4.69) is 24.5 Å². The standard InChI is InChI=1S/C22H29N3O2S/c1-15(2)17-6-8-18(9-7-17)20(26)24-21-19(10-12-28-21)22(27)25-11-4-5-16(14-25)13-23-3/h6-10,12,15-16,23H,4-5,11,13-14H2,1-3H3,(H,24,26). The number of hydrogen-bond acceptors (Lipinski definition) is 4. The van der Waals surface area contributed by atoms with Crippen molar-refractivity contribution in [3.63, 3.8) is 0 Å². The molecule has 1 atom stereocenters. The molecule has 2 aromatic rings. The summed E-state index contributed by atoms with van der Waals surface area (Å²) in [5.41, 5.74) is 2.38. The lowest BCUT2D eigenvalue weighted by Crippen LogP contribution is -2.42. The first-order valence-corrected chi connectivity index (χ1v) is 10.8. The van der Waals surface area contributed by atoms with Gasteiger partial charge in [-0.15, -0.1) is 11.3 Å². The molecule has 5 nitrogen and oxygen atoms in total. The zero-order valence-corrected chi connectivity index (χ0v) is 17.6. The van der Waals surface area contributed by atoms with E-state index in [0.717, 1.165) is 32.5 Å². The summed E-state index contributed by atoms with van der Waals surface area (Å²) < 4.78 is 0. The van der Waals surface area contributed by atoms with Crippen LogP contribution in [-0.4, -0.2) is 43.4 Å². The molecule has 150 valence electrons. The van der Waals surface area contributed by atoms with E-state index in [1.807, 2.05) is 47.7 Å². The number of hydrogen-bond donors (Lipinski definition) is 2. The van der Waals surface area contributed by atoms with Gasteiger partial charge in [-0.3, -0.25) is 9.59 Å². The highest BCUT2D eigenvalue weighted by molar-refractivity contribution is 7.14. The first-order valence-electron chi connectivity index (χ1n) is 9.92. The van der Waals surface area contributed by atoms with Crippen LogP contribution in [0.1, 0.15) is 58.9 Å². The second-order valence-corrected chi connectivity index (χ2v) is 8.63. The number of rotatable bonds is 6. The molecule has 1 aliphatic rings. The van der Waals surface area contributed by atoms with Gasteiger partial charge in [0.1, 0.15) is 5.00 Å². The normalized spacial score (nSPS) is 17.0. The van der Waals surface area contributed by atoms with Gasteiger partial charge in [-0.1, -0.05) is 26.0 Å². The van der Waals surface area contributed by atoms with E-state index in [1.54, 1.807) is 0 Å². The van der Waals surface area contributed by atoms with Crippen LogP contribution in [0.4, 0.5) is 5.00 Å². The van der Waals surface area contributed by atoms with Crippen molar-refractivity contribution in [2.75, 3.05) is 32.0 Å². The lowest BCUT2D eigenvalue weighted by Gasteiger charge is -2.32. The molecule has 0 bridgehead atoms. The van der Waals surface area contributed by atoms with E-state index in [1.165, 1.54) is 16.9 Å². The third-order valence-electron chi connectivity index (χ3n) is 5.26. The van der Waals surface area contributed by atoms with Gasteiger partial charge in [0, 0.05) is 18.7 Å². The van der Waals surface area contributed by atoms with Gasteiger partial charge < -0.3 is 15.5 Å². The molecule has 2 heterocycles. The number of likely N-dealkylation sites (tertiary alicyclic amines) is 1. The Balaban J connectivity index is 1.69. The van der Waals surface area contributed by atoms with Crippen LogP contribution in [0.2, 0.25) is 0 Å². The molecule has 1 unspecified atom stereocenters. The molecule has 6 heteroatoms. The van der Waals surface area contributed by atoms with Crippen LogP contribution >= 0.6 is 11.3 Å². The second-order valence-electron chi connectivity index (χ2n) is 7.71. The molecule has 1 aliphatic heterocycles. The van der Waals surface area contributed by atoms with Crippen LogP contribution < -0.4 is 10.6 Å². The molecule has 1 fully saturated rings. The van der Waals surface area contributed by atoms with Crippen molar-refractivity contribution in [3.05, 3.63) is 52.4 Å². The number of thiophene rings is 1. The van der Waals surface area contributed by atoms with Crippen molar-refractivity contribution in [3.8, 4) is 0 Å². The summed E-state index contributed by atoms with van der Waals surface area (Å²) >= 11 is 1.39. The van der Waals surface area contributed by atoms with E-state index in [0.29, 0.717) is 28.0 Å². The van der Waals surface area contributed by atoms with Crippen LogP contribution in [0.5, 0.6) is 0 Å². The van der Waals surface area contributed by atoms with Gasteiger partial charge in [-0.05, 0) is 67.4 Å². The van der Waals surface area contributed by atoms with Gasteiger partial charge in [0.05, 0.1) is 5.56 Å². The second kappa shape index (κ2) is 9.34. The van der Waals surface area contributed by atoms with E-state index < -0.39 is 0 Å². The molecule has 3 rings (SSSR count). The summed E-state index contributed by atoms with van der Waals surface area (Å²) in [7, 11) is 1.95. The van der Waals surface area contributed by atoms with Gasteiger partial charge in [-0.25, -0.2) is 0 Å². The third-order valence-corrected chi connectivity index (χ3v) is 6.09. The predicted octanol–water partition coefficient (Wildman–Crippen LogP) is 4.20. The highest BCUT2D eigenvalue weighted by atomic mass is 32.1. The molecule has 28 heavy (non-hydrogen) atoms. The van der Waals surface area contributed by atoms with Crippen LogP contribution in [0.25, 0.3) is 0 Å². The molecule has 0 aliphatic carbocycles. The Morgan fingerprint density at radius 2 is 1.96 bits per heavy atom. The monoisotopic (exact) mass is 399 g/mol. The fraction of sp³-hybridized carbons (Fsp3) is 0.455. The first-order chi connectivity index (χ1) is 13.5. The molecular formula is C22H29N3O2S. The van der Waals surface area contributed by atoms with E-state index in [-0.39, 0.29) is 11.8 Å². The molecule has 1 aromatic carbocycles. The summed E-state index contributed by atoms with van der Waals surface area (Å²) in [6.07, 6.45) is 2.16. The van der Waals surface area contributed by atoms with Gasteiger partial charge in [-0.2, -0.15) is 0 Å². The summed E-state index contributed by atoms with van der Waals surface area (Å²) in [4.78, 5) is 27.6. The average molecular weight is 400 g/mol. The molecular weight excluding hydrogens is 370 g/mol. The van der Waals surface area contributed by atoms with Gasteiger partial charge >= 0.3 is 0 Å². The largest absolute Gasteiger partial charge is 0.338 e. The van der Waals surface area contributed by atoms with E-state index >= 15 is 0 Å². The van der Waals surface area contributed by atoms with Crippen molar-refractivity contribution in [1.82, 2.24) is 10.2 Å². The average Bonchev–Trinajstić information content (AvgIpc) is 3.16. The molecule has 1 aromatic heterocycles. The maximum Gasteiger partial charge on any atom is 0.256 e. The highest BCUT2D eigenvalue weighted by Crippen LogP contribution is 2.27. The number of anilines is 1. The topological polar surface area (TPSA) is 61.4 Å². The first kappa shape index (κ1) is 20.6. The third kappa shape index (κ3) is 4.80. The Kier molecular flexibility index (Phi) is 6.86. The fourth-order valence-corrected chi connectivity index (χ4v) is 4.42. The zero-order valence-electron chi connectivity index (χ0n) is 16.8. The van der Waals surface area contributed by atoms with Crippen LogP contribution in [0.3, 0.4) is 0 Å². The summed E-state index contributed by atoms with van der Waals surface area (Å²) in [5.74, 6) is 0.736. The van der Waals surface area contributed by atoms with Crippen molar-refractivity contribution < 1.29 is 9.59 Å². The maximum atomic E-state index is 13.0. The Morgan fingerprint density at radius 1 is 1.21 bits per heavy atom. The SMILES string of the molecule is CNCC1CCCN(C(=O)c2ccsc2NC(=O)c2ccc(C(C)C)cc2)C1. The number of benzene rings is 1. The summed E-state index contributed by atoms with van der Waals surface area (Å²) in [6, 6.07) is 9.46. The Hall–Kier alpha value is -2.18. The summed E-state index contributed by atoms with van der Waals surface area (Å²) in [5, 5.41) is 8.62. The predicted molar refractivity (Wildman–Crippen MR) is 115 cm³/mol. The van der Waals surface area contributed by atoms with E-state index in [4.69, 9.17) is 0 Å². The molecule has 2 amide bonds. The van der Waals surface area contributed by atoms with Crippen molar-refractivity contribution >= 4 is 28.2 Å². The van der Waals surface area contributed by atoms with Crippen molar-refractivity contribution in [1.29, 1.82) is 0 Å². The summed E-state index contributed by atoms with van der Waals surface area (Å²) in [6.45, 7) is 6.71. The number of nitrogens with zero attached hydrogens (tertiary/aromatic N) is 1. The van der Waals surface area contributed by atoms with Gasteiger partial charge in [0.25, 0.3) is 11.8 Å². The van der Waals surface area contributed by atoms with Gasteiger partial charge in [0.15, 0.2) is 0 Å². The maximum absolute atomic E-state index is 13.0. The smallest absolute Gasteiger partial charge is 0.256 e. The minimum Gasteiger partial charge on any atom is -0.338 e. The minimum atomic E-state index is -0.182. The molecule has 0 radical (unpaired) electrons. The van der Waals surface area contributed by atoms with Crippen LogP contribution in [0, 0.1) is 5.92 Å². The number of amides is 2. The van der Waals surface area contributed by atoms with Gasteiger partial charge in [0.2, 0.25) is 0 Å². The van der Waals surface area contributed by atoms with Crippen molar-refractivity contribution in [2.45, 2.75) is 32.6 Å². The highest BCUT2D eigenvalue weighted by Gasteiger charge is 2.26. The zero-order chi connectivity index (χ0) is 20.1. The molecule has 0 saturated carbocycles.